The molecule has 0 fully saturated rings. The second-order valence-corrected chi connectivity index (χ2v) is 5.39. The number of fused-ring (bicyclic) bond motifs is 1. The predicted octanol–water partition coefficient (Wildman–Crippen LogP) is 2.94. The quantitative estimate of drug-likeness (QED) is 0.898. The van der Waals surface area contributed by atoms with E-state index in [1.54, 1.807) is 11.3 Å². The van der Waals surface area contributed by atoms with Crippen molar-refractivity contribution in [3.05, 3.63) is 51.5 Å². The van der Waals surface area contributed by atoms with Gasteiger partial charge in [-0.15, -0.1) is 11.3 Å². The lowest BCUT2D eigenvalue weighted by Crippen LogP contribution is -2.05. The number of aromatic nitrogens is 1. The van der Waals surface area contributed by atoms with Gasteiger partial charge < -0.3 is 5.32 Å². The third-order valence-corrected chi connectivity index (χ3v) is 4.37. The zero-order valence-corrected chi connectivity index (χ0v) is 10.8. The Bertz CT molecular complexity index is 518. The first kappa shape index (κ1) is 10.9. The van der Waals surface area contributed by atoms with Gasteiger partial charge in [0.1, 0.15) is 5.01 Å². The Morgan fingerprint density at radius 2 is 2.29 bits per heavy atom. The molecule has 1 heterocycles. The number of benzene rings is 1. The Balaban J connectivity index is 1.90. The van der Waals surface area contributed by atoms with Crippen LogP contribution in [0.3, 0.4) is 0 Å². The molecule has 1 aromatic heterocycles. The van der Waals surface area contributed by atoms with Crippen LogP contribution in [0.25, 0.3) is 0 Å². The fraction of sp³-hybridized carbons (Fsp3) is 0.357. The molecule has 1 aliphatic carbocycles. The average molecular weight is 244 g/mol. The normalized spacial score (nSPS) is 18.3. The molecule has 2 nitrogen and oxygen atoms in total. The molecule has 0 bridgehead atoms. The molecule has 3 heteroatoms. The van der Waals surface area contributed by atoms with Crippen LogP contribution in [0.4, 0.5) is 0 Å². The molecule has 88 valence electrons. The molecular weight excluding hydrogens is 228 g/mol. The molecule has 0 saturated heterocycles. The number of hydrogen-bond acceptors (Lipinski definition) is 3. The van der Waals surface area contributed by atoms with Gasteiger partial charge in [-0.1, -0.05) is 24.3 Å². The second kappa shape index (κ2) is 4.59. The maximum absolute atomic E-state index is 4.74. The van der Waals surface area contributed by atoms with E-state index in [-0.39, 0.29) is 0 Å². The van der Waals surface area contributed by atoms with Gasteiger partial charge in [-0.05, 0) is 31.0 Å². The number of hydrogen-bond donors (Lipinski definition) is 1. The lowest BCUT2D eigenvalue weighted by atomic mass is 10.0. The van der Waals surface area contributed by atoms with Crippen LogP contribution >= 0.6 is 11.3 Å². The minimum absolute atomic E-state index is 0.529. The van der Waals surface area contributed by atoms with Crippen molar-refractivity contribution < 1.29 is 0 Å². The zero-order chi connectivity index (χ0) is 11.7. The summed E-state index contributed by atoms with van der Waals surface area (Å²) >= 11 is 1.80. The standard InChI is InChI=1S/C14H16N2S/c1-15-8-11-9-17-14(16-11)13-7-6-10-4-2-3-5-12(10)13/h2-5,9,13,15H,6-8H2,1H3. The van der Waals surface area contributed by atoms with Crippen LogP contribution in [0.2, 0.25) is 0 Å². The van der Waals surface area contributed by atoms with Crippen molar-refractivity contribution in [3.63, 3.8) is 0 Å². The summed E-state index contributed by atoms with van der Waals surface area (Å²) in [6.45, 7) is 0.866. The van der Waals surface area contributed by atoms with Crippen molar-refractivity contribution in [1.29, 1.82) is 0 Å². The molecule has 1 atom stereocenters. The van der Waals surface area contributed by atoms with Gasteiger partial charge in [0.05, 0.1) is 5.69 Å². The molecule has 1 aliphatic rings. The Morgan fingerprint density at radius 3 is 3.18 bits per heavy atom. The average Bonchev–Trinajstić information content (AvgIpc) is 2.95. The number of thiazole rings is 1. The maximum Gasteiger partial charge on any atom is 0.100 e. The van der Waals surface area contributed by atoms with Gasteiger partial charge in [-0.3, -0.25) is 0 Å². The van der Waals surface area contributed by atoms with E-state index in [1.807, 2.05) is 7.05 Å². The summed E-state index contributed by atoms with van der Waals surface area (Å²) in [6, 6.07) is 8.78. The van der Waals surface area contributed by atoms with Gasteiger partial charge in [0, 0.05) is 17.8 Å². The lowest BCUT2D eigenvalue weighted by Gasteiger charge is -2.07. The zero-order valence-electron chi connectivity index (χ0n) is 9.94. The Morgan fingerprint density at radius 1 is 1.41 bits per heavy atom. The van der Waals surface area contributed by atoms with Gasteiger partial charge in [0.2, 0.25) is 0 Å². The van der Waals surface area contributed by atoms with Crippen molar-refractivity contribution in [2.24, 2.45) is 0 Å². The molecule has 0 aliphatic heterocycles. The Labute approximate surface area is 106 Å². The lowest BCUT2D eigenvalue weighted by molar-refractivity contribution is 0.754. The molecule has 1 unspecified atom stereocenters. The Hall–Kier alpha value is -1.19. The smallest absolute Gasteiger partial charge is 0.100 e. The minimum Gasteiger partial charge on any atom is -0.314 e. The van der Waals surface area contributed by atoms with Crippen LogP contribution in [0.1, 0.15) is 34.2 Å². The first-order valence-electron chi connectivity index (χ1n) is 6.05. The highest BCUT2D eigenvalue weighted by atomic mass is 32.1. The van der Waals surface area contributed by atoms with E-state index < -0.39 is 0 Å². The summed E-state index contributed by atoms with van der Waals surface area (Å²) in [5.74, 6) is 0.529. The van der Waals surface area contributed by atoms with Crippen LogP contribution in [0.5, 0.6) is 0 Å². The topological polar surface area (TPSA) is 24.9 Å². The van der Waals surface area contributed by atoms with E-state index in [0.717, 1.165) is 12.2 Å². The van der Waals surface area contributed by atoms with Crippen LogP contribution in [-0.2, 0) is 13.0 Å². The van der Waals surface area contributed by atoms with E-state index in [0.29, 0.717) is 5.92 Å². The molecule has 3 rings (SSSR count). The fourth-order valence-corrected chi connectivity index (χ4v) is 3.53. The van der Waals surface area contributed by atoms with E-state index in [2.05, 4.69) is 35.0 Å². The van der Waals surface area contributed by atoms with Gasteiger partial charge in [-0.2, -0.15) is 0 Å². The van der Waals surface area contributed by atoms with Crippen LogP contribution in [0.15, 0.2) is 29.6 Å². The summed E-state index contributed by atoms with van der Waals surface area (Å²) in [5.41, 5.74) is 4.15. The molecule has 0 saturated carbocycles. The number of nitrogens with one attached hydrogen (secondary N) is 1. The fourth-order valence-electron chi connectivity index (χ4n) is 2.56. The SMILES string of the molecule is CNCc1csc(C2CCc3ccccc32)n1. The van der Waals surface area contributed by atoms with Crippen LogP contribution in [-0.4, -0.2) is 12.0 Å². The largest absolute Gasteiger partial charge is 0.314 e. The van der Waals surface area contributed by atoms with E-state index >= 15 is 0 Å². The summed E-state index contributed by atoms with van der Waals surface area (Å²) in [5, 5.41) is 6.60. The second-order valence-electron chi connectivity index (χ2n) is 4.50. The van der Waals surface area contributed by atoms with Gasteiger partial charge in [0.15, 0.2) is 0 Å². The third-order valence-electron chi connectivity index (χ3n) is 3.36. The first-order chi connectivity index (χ1) is 8.38. The monoisotopic (exact) mass is 244 g/mol. The van der Waals surface area contributed by atoms with Gasteiger partial charge in [0.25, 0.3) is 0 Å². The highest BCUT2D eigenvalue weighted by Gasteiger charge is 2.25. The van der Waals surface area contributed by atoms with Gasteiger partial charge in [-0.25, -0.2) is 4.98 Å². The third kappa shape index (κ3) is 2.01. The Kier molecular flexibility index (Phi) is 2.95. The van der Waals surface area contributed by atoms with Crippen LogP contribution < -0.4 is 5.32 Å². The minimum atomic E-state index is 0.529. The van der Waals surface area contributed by atoms with Crippen molar-refractivity contribution in [3.8, 4) is 0 Å². The molecule has 0 radical (unpaired) electrons. The summed E-state index contributed by atoms with van der Waals surface area (Å²) in [6.07, 6.45) is 2.41. The van der Waals surface area contributed by atoms with Crippen LogP contribution in [0, 0.1) is 0 Å². The maximum atomic E-state index is 4.74. The molecule has 0 spiro atoms. The van der Waals surface area contributed by atoms with Crippen molar-refractivity contribution in [2.45, 2.75) is 25.3 Å². The molecule has 2 aromatic rings. The van der Waals surface area contributed by atoms with E-state index in [4.69, 9.17) is 4.98 Å². The summed E-state index contributed by atoms with van der Waals surface area (Å²) < 4.78 is 0. The summed E-state index contributed by atoms with van der Waals surface area (Å²) in [4.78, 5) is 4.74. The highest BCUT2D eigenvalue weighted by Crippen LogP contribution is 2.38. The number of aryl methyl sites for hydroxylation is 1. The molecule has 1 aromatic carbocycles. The molecule has 0 amide bonds. The van der Waals surface area contributed by atoms with Crippen molar-refractivity contribution in [1.82, 2.24) is 10.3 Å². The van der Waals surface area contributed by atoms with Crippen molar-refractivity contribution in [2.75, 3.05) is 7.05 Å². The van der Waals surface area contributed by atoms with E-state index in [9.17, 15) is 0 Å². The molecular formula is C14H16N2S. The predicted molar refractivity (Wildman–Crippen MR) is 71.5 cm³/mol. The molecule has 17 heavy (non-hydrogen) atoms. The van der Waals surface area contributed by atoms with Crippen molar-refractivity contribution >= 4 is 11.3 Å². The highest BCUT2D eigenvalue weighted by molar-refractivity contribution is 7.09. The number of nitrogens with zero attached hydrogens (tertiary/aromatic N) is 1. The van der Waals surface area contributed by atoms with Gasteiger partial charge >= 0.3 is 0 Å². The number of rotatable bonds is 3. The summed E-state index contributed by atoms with van der Waals surface area (Å²) in [7, 11) is 1.96. The molecule has 1 N–H and O–H groups in total. The first-order valence-corrected chi connectivity index (χ1v) is 6.93. The van der Waals surface area contributed by atoms with E-state index in [1.165, 1.54) is 29.0 Å².